The third kappa shape index (κ3) is 3.08. The van der Waals surface area contributed by atoms with Crippen molar-refractivity contribution in [3.63, 3.8) is 0 Å². The van der Waals surface area contributed by atoms with Gasteiger partial charge in [-0.25, -0.2) is 4.72 Å². The van der Waals surface area contributed by atoms with Crippen LogP contribution in [0.2, 0.25) is 5.02 Å². The van der Waals surface area contributed by atoms with Crippen LogP contribution < -0.4 is 10.3 Å². The van der Waals surface area contributed by atoms with Crippen LogP contribution in [0.25, 0.3) is 21.9 Å². The van der Waals surface area contributed by atoms with Crippen molar-refractivity contribution in [3.05, 3.63) is 64.0 Å². The molecule has 0 saturated heterocycles. The minimum absolute atomic E-state index is 0.0515. The molecule has 1 heterocycles. The summed E-state index contributed by atoms with van der Waals surface area (Å²) in [6.07, 6.45) is 3.34. The molecule has 3 aromatic rings. The lowest BCUT2D eigenvalue weighted by atomic mass is 10.00. The fraction of sp³-hybridized carbons (Fsp3) is 0.118. The highest BCUT2D eigenvalue weighted by Crippen LogP contribution is 2.34. The number of nitrogens with zero attached hydrogens (tertiary/aromatic N) is 1. The molecule has 1 unspecified atom stereocenters. The third-order valence-electron chi connectivity index (χ3n) is 3.61. The Hall–Kier alpha value is -1.95. The summed E-state index contributed by atoms with van der Waals surface area (Å²) < 4.78 is 15.8. The largest absolute Gasteiger partial charge is 0.593 e. The van der Waals surface area contributed by atoms with E-state index in [1.165, 1.54) is 0 Å². The van der Waals surface area contributed by atoms with Crippen molar-refractivity contribution in [2.24, 2.45) is 7.05 Å². The standard InChI is InChI=1S/C17H15ClN2O2S/c1-20-10-15(12-5-3-4-6-13(12)17(20)21)14-9-11(19-23(2)22)7-8-16(14)18/h3-10,19H,1-2H3. The lowest BCUT2D eigenvalue weighted by molar-refractivity contribution is 0.605. The summed E-state index contributed by atoms with van der Waals surface area (Å²) in [6, 6.07) is 12.8. The summed E-state index contributed by atoms with van der Waals surface area (Å²) in [5.74, 6) is 0. The van der Waals surface area contributed by atoms with Crippen LogP contribution in [0.4, 0.5) is 5.69 Å². The van der Waals surface area contributed by atoms with E-state index in [1.807, 2.05) is 24.3 Å². The molecule has 0 saturated carbocycles. The number of fused-ring (bicyclic) bond motifs is 1. The fourth-order valence-electron chi connectivity index (χ4n) is 2.59. The Labute approximate surface area is 142 Å². The predicted octanol–water partition coefficient (Wildman–Crippen LogP) is 3.56. The number of hydrogen-bond donors (Lipinski definition) is 1. The fourth-order valence-corrected chi connectivity index (χ4v) is 3.27. The zero-order chi connectivity index (χ0) is 16.6. The van der Waals surface area contributed by atoms with E-state index in [4.69, 9.17) is 11.6 Å². The number of halogens is 1. The van der Waals surface area contributed by atoms with Crippen LogP contribution in [0.15, 0.2) is 53.5 Å². The number of rotatable bonds is 3. The minimum Gasteiger partial charge on any atom is -0.593 e. The van der Waals surface area contributed by atoms with Crippen molar-refractivity contribution in [3.8, 4) is 11.1 Å². The van der Waals surface area contributed by atoms with Gasteiger partial charge in [0, 0.05) is 34.8 Å². The molecule has 1 N–H and O–H groups in total. The zero-order valence-corrected chi connectivity index (χ0v) is 14.2. The second-order valence-electron chi connectivity index (χ2n) is 5.26. The van der Waals surface area contributed by atoms with Gasteiger partial charge in [-0.2, -0.15) is 0 Å². The van der Waals surface area contributed by atoms with Gasteiger partial charge < -0.3 is 9.12 Å². The second kappa shape index (κ2) is 6.28. The van der Waals surface area contributed by atoms with Crippen molar-refractivity contribution in [2.45, 2.75) is 0 Å². The molecular formula is C17H15ClN2O2S. The highest BCUT2D eigenvalue weighted by molar-refractivity contribution is 7.92. The maximum atomic E-state index is 12.3. The van der Waals surface area contributed by atoms with Gasteiger partial charge in [0.2, 0.25) is 0 Å². The maximum Gasteiger partial charge on any atom is 0.258 e. The molecule has 23 heavy (non-hydrogen) atoms. The Balaban J connectivity index is 2.29. The molecular weight excluding hydrogens is 332 g/mol. The lowest BCUT2D eigenvalue weighted by Crippen LogP contribution is -2.16. The summed E-state index contributed by atoms with van der Waals surface area (Å²) in [4.78, 5) is 12.3. The first-order chi connectivity index (χ1) is 11.0. The molecule has 0 aliphatic heterocycles. The first-order valence-corrected chi connectivity index (χ1v) is 8.89. The highest BCUT2D eigenvalue weighted by atomic mass is 35.5. The van der Waals surface area contributed by atoms with E-state index in [9.17, 15) is 9.35 Å². The molecule has 0 spiro atoms. The summed E-state index contributed by atoms with van der Waals surface area (Å²) in [7, 11) is 1.72. The van der Waals surface area contributed by atoms with Crippen LogP contribution in [-0.2, 0) is 18.4 Å². The first-order valence-electron chi connectivity index (χ1n) is 6.96. The number of benzene rings is 2. The van der Waals surface area contributed by atoms with E-state index < -0.39 is 11.4 Å². The van der Waals surface area contributed by atoms with Crippen LogP contribution in [0.5, 0.6) is 0 Å². The van der Waals surface area contributed by atoms with Gasteiger partial charge in [-0.1, -0.05) is 29.8 Å². The first kappa shape index (κ1) is 15.9. The molecule has 3 rings (SSSR count). The minimum atomic E-state index is -1.17. The van der Waals surface area contributed by atoms with E-state index in [0.717, 1.165) is 16.5 Å². The Kier molecular flexibility index (Phi) is 4.35. The van der Waals surface area contributed by atoms with E-state index >= 15 is 0 Å². The number of hydrogen-bond acceptors (Lipinski definition) is 3. The van der Waals surface area contributed by atoms with E-state index in [-0.39, 0.29) is 5.56 Å². The maximum absolute atomic E-state index is 12.3. The van der Waals surface area contributed by atoms with Crippen LogP contribution in [0, 0.1) is 0 Å². The molecule has 118 valence electrons. The molecule has 0 aliphatic rings. The Morgan fingerprint density at radius 2 is 1.83 bits per heavy atom. The molecule has 0 amide bonds. The SMILES string of the molecule is Cn1cc(-c2cc(N[S+](C)[O-])ccc2Cl)c2ccccc2c1=O. The average molecular weight is 347 g/mol. The Morgan fingerprint density at radius 3 is 2.52 bits per heavy atom. The number of nitrogens with one attached hydrogen (secondary N) is 1. The lowest BCUT2D eigenvalue weighted by Gasteiger charge is -2.13. The van der Waals surface area contributed by atoms with Gasteiger partial charge in [0.05, 0.1) is 17.0 Å². The van der Waals surface area contributed by atoms with Crippen LogP contribution in [0.3, 0.4) is 0 Å². The predicted molar refractivity (Wildman–Crippen MR) is 97.3 cm³/mol. The Bertz CT molecular complexity index is 938. The molecule has 6 heteroatoms. The van der Waals surface area contributed by atoms with E-state index in [1.54, 1.807) is 42.3 Å². The molecule has 0 fully saturated rings. The second-order valence-corrected chi connectivity index (χ2v) is 6.77. The molecule has 2 aromatic carbocycles. The summed E-state index contributed by atoms with van der Waals surface area (Å²) >= 11 is 5.20. The third-order valence-corrected chi connectivity index (χ3v) is 4.46. The van der Waals surface area contributed by atoms with Crippen LogP contribution >= 0.6 is 11.6 Å². The monoisotopic (exact) mass is 346 g/mol. The summed E-state index contributed by atoms with van der Waals surface area (Å²) in [5, 5.41) is 2.05. The van der Waals surface area contributed by atoms with E-state index in [2.05, 4.69) is 4.72 Å². The highest BCUT2D eigenvalue weighted by Gasteiger charge is 2.13. The van der Waals surface area contributed by atoms with Gasteiger partial charge in [-0.05, 0) is 29.7 Å². The molecule has 1 atom stereocenters. The number of anilines is 1. The number of aryl methyl sites for hydroxylation is 1. The molecule has 0 bridgehead atoms. The molecule has 4 nitrogen and oxygen atoms in total. The quantitative estimate of drug-likeness (QED) is 0.738. The van der Waals surface area contributed by atoms with Crippen LogP contribution in [0.1, 0.15) is 0 Å². The van der Waals surface area contributed by atoms with Crippen molar-refractivity contribution in [1.82, 2.24) is 4.57 Å². The van der Waals surface area contributed by atoms with Crippen molar-refractivity contribution >= 4 is 39.4 Å². The van der Waals surface area contributed by atoms with Crippen molar-refractivity contribution in [2.75, 3.05) is 11.0 Å². The zero-order valence-electron chi connectivity index (χ0n) is 12.7. The van der Waals surface area contributed by atoms with E-state index in [0.29, 0.717) is 16.1 Å². The number of aromatic nitrogens is 1. The smallest absolute Gasteiger partial charge is 0.258 e. The van der Waals surface area contributed by atoms with Gasteiger partial charge in [-0.3, -0.25) is 4.79 Å². The van der Waals surface area contributed by atoms with Gasteiger partial charge in [0.15, 0.2) is 0 Å². The van der Waals surface area contributed by atoms with Gasteiger partial charge in [-0.15, -0.1) is 0 Å². The normalized spacial score (nSPS) is 12.3. The van der Waals surface area contributed by atoms with Crippen molar-refractivity contribution in [1.29, 1.82) is 0 Å². The molecule has 0 radical (unpaired) electrons. The van der Waals surface area contributed by atoms with Gasteiger partial charge >= 0.3 is 0 Å². The van der Waals surface area contributed by atoms with Crippen molar-refractivity contribution < 1.29 is 4.55 Å². The summed E-state index contributed by atoms with van der Waals surface area (Å²) in [6.45, 7) is 0. The summed E-state index contributed by atoms with van der Waals surface area (Å²) in [5.41, 5.74) is 2.31. The van der Waals surface area contributed by atoms with Gasteiger partial charge in [0.25, 0.3) is 5.56 Å². The Morgan fingerprint density at radius 1 is 1.13 bits per heavy atom. The topological polar surface area (TPSA) is 57.1 Å². The molecule has 1 aromatic heterocycles. The average Bonchev–Trinajstić information content (AvgIpc) is 2.52. The van der Waals surface area contributed by atoms with Gasteiger partial charge in [0.1, 0.15) is 6.26 Å². The van der Waals surface area contributed by atoms with Crippen LogP contribution in [-0.4, -0.2) is 15.4 Å². The number of pyridine rings is 1. The molecule has 0 aliphatic carbocycles.